The van der Waals surface area contributed by atoms with Crippen LogP contribution < -0.4 is 0 Å². The molecule has 0 N–H and O–H groups in total. The van der Waals surface area contributed by atoms with Gasteiger partial charge < -0.3 is 4.74 Å². The summed E-state index contributed by atoms with van der Waals surface area (Å²) >= 11 is 0. The van der Waals surface area contributed by atoms with Crippen LogP contribution in [-0.2, 0) is 25.8 Å². The molecule has 74 heavy (non-hydrogen) atoms. The first kappa shape index (κ1) is 28.4. The van der Waals surface area contributed by atoms with Gasteiger partial charge in [0, 0.05) is 22.7 Å². The van der Waals surface area contributed by atoms with Crippen LogP contribution in [0.2, 0.25) is 0 Å². The molecule has 2 nitrogen and oxygen atoms in total. The zero-order chi connectivity index (χ0) is 44.5. The maximum absolute atomic E-state index is 13.6. The second-order valence-corrected chi connectivity index (χ2v) is 27.0. The van der Waals surface area contributed by atoms with Crippen molar-refractivity contribution in [3.63, 3.8) is 0 Å². The molecule has 29 aromatic rings. The molecule has 0 saturated heterocycles. The van der Waals surface area contributed by atoms with Gasteiger partial charge in [-0.25, -0.2) is 0 Å². The normalized spacial score (nSPS) is 23.6. The van der Waals surface area contributed by atoms with Gasteiger partial charge in [0.25, 0.3) is 0 Å². The fourth-order valence-corrected chi connectivity index (χ4v) is 27.0. The summed E-state index contributed by atoms with van der Waals surface area (Å²) in [6.45, 7) is 0. The molecule has 0 radical (unpaired) electrons. The topological polar surface area (TPSA) is 26.3 Å². The molecule has 2 heteroatoms. The molecule has 5 aliphatic carbocycles. The summed E-state index contributed by atoms with van der Waals surface area (Å²) in [6.07, 6.45) is 2.18. The SMILES string of the molecule is COC(=O)CCCC1(c2ccccc2)C23c4c5c6c7c8c9c(c%10c%11c2c2c%12c4c4c%13c5c5c7c7c8c8c%14c9c%10c9c%10c%11c2c2c%11c%12c4c4c%12c%13c5c5c7c7c8c8c%14c9c9c%10c2c2c%11c4c4c%12c5c7c5c8c9c2c45)C613. The largest absolute Gasteiger partial charge is 0.469 e. The van der Waals surface area contributed by atoms with E-state index in [2.05, 4.69) is 30.3 Å². The van der Waals surface area contributed by atoms with Gasteiger partial charge >= 0.3 is 5.97 Å². The first-order valence-electron chi connectivity index (χ1n) is 27.7. The quantitative estimate of drug-likeness (QED) is 0.127. The summed E-state index contributed by atoms with van der Waals surface area (Å²) in [4.78, 5) is 13.6. The maximum Gasteiger partial charge on any atom is 0.305 e. The van der Waals surface area contributed by atoms with Crippen molar-refractivity contribution in [2.24, 2.45) is 0 Å². The highest BCUT2D eigenvalue weighted by atomic mass is 16.5. The van der Waals surface area contributed by atoms with Crippen LogP contribution >= 0.6 is 0 Å². The molecular weight excluding hydrogens is 897 g/mol. The molecule has 34 rings (SSSR count). The van der Waals surface area contributed by atoms with Crippen LogP contribution in [0.25, 0.3) is 291 Å². The lowest BCUT2D eigenvalue weighted by atomic mass is 9.68. The van der Waals surface area contributed by atoms with Crippen molar-refractivity contribution in [3.05, 3.63) is 58.1 Å². The van der Waals surface area contributed by atoms with Crippen LogP contribution in [0, 0.1) is 0 Å². The summed E-state index contributed by atoms with van der Waals surface area (Å²) in [6, 6.07) is 12.1. The number of esters is 1. The van der Waals surface area contributed by atoms with Crippen molar-refractivity contribution in [1.29, 1.82) is 0 Å². The number of carbonyl (C=O) groups excluding carboxylic acids is 1. The lowest BCUT2D eigenvalue weighted by molar-refractivity contribution is -0.140. The summed E-state index contributed by atoms with van der Waals surface area (Å²) in [5.41, 5.74) is 7.34. The van der Waals surface area contributed by atoms with Gasteiger partial charge in [0.1, 0.15) is 0 Å². The van der Waals surface area contributed by atoms with E-state index in [9.17, 15) is 4.79 Å². The molecule has 29 aromatic carbocycles. The van der Waals surface area contributed by atoms with E-state index in [0.717, 1.165) is 12.8 Å². The van der Waals surface area contributed by atoms with E-state index < -0.39 is 0 Å². The predicted molar refractivity (Wildman–Crippen MR) is 308 cm³/mol. The molecule has 0 heterocycles. The fourth-order valence-electron chi connectivity index (χ4n) is 27.0. The minimum absolute atomic E-state index is 0.0798. The highest BCUT2D eigenvalue weighted by Crippen LogP contribution is 2.97. The van der Waals surface area contributed by atoms with Gasteiger partial charge in [-0.2, -0.15) is 0 Å². The molecule has 2 atom stereocenters. The average molecular weight is 911 g/mol. The van der Waals surface area contributed by atoms with E-state index in [-0.39, 0.29) is 22.2 Å². The molecule has 0 aliphatic heterocycles. The van der Waals surface area contributed by atoms with Gasteiger partial charge in [-0.1, -0.05) is 30.3 Å². The predicted octanol–water partition coefficient (Wildman–Crippen LogP) is 18.6. The molecule has 5 aliphatic rings. The summed E-state index contributed by atoms with van der Waals surface area (Å²) in [5, 5.41) is 88.4. The van der Waals surface area contributed by atoms with E-state index in [1.807, 2.05) is 0 Å². The number of ether oxygens (including phenoxy) is 1. The molecule has 1 fully saturated rings. The minimum Gasteiger partial charge on any atom is -0.469 e. The Bertz CT molecular complexity index is 7290. The Kier molecular flexibility index (Phi) is 2.50. The van der Waals surface area contributed by atoms with Gasteiger partial charge in [-0.3, -0.25) is 4.79 Å². The number of carbonyl (C=O) groups is 1. The molecule has 0 aromatic heterocycles. The first-order chi connectivity index (χ1) is 36.8. The zero-order valence-electron chi connectivity index (χ0n) is 38.3. The average Bonchev–Trinajstić information content (AvgIpc) is 4.33. The summed E-state index contributed by atoms with van der Waals surface area (Å²) in [5.74, 6) is -0.0798. The third-order valence-electron chi connectivity index (χ3n) is 27.0. The summed E-state index contributed by atoms with van der Waals surface area (Å²) < 4.78 is 5.56. The van der Waals surface area contributed by atoms with Crippen LogP contribution in [-0.4, -0.2) is 13.1 Å². The fraction of sp³-hybridized carbons (Fsp3) is 0.0972. The molecule has 314 valence electrons. The van der Waals surface area contributed by atoms with Crippen LogP contribution in [0.5, 0.6) is 0 Å². The third kappa shape index (κ3) is 1.50. The lowest BCUT2D eigenvalue weighted by Crippen LogP contribution is -2.27. The highest BCUT2D eigenvalue weighted by Gasteiger charge is 2.94. The first-order valence-corrected chi connectivity index (χ1v) is 27.7. The van der Waals surface area contributed by atoms with Gasteiger partial charge in [-0.15, -0.1) is 0 Å². The second-order valence-electron chi connectivity index (χ2n) is 27.0. The molecule has 1 saturated carbocycles. The smallest absolute Gasteiger partial charge is 0.305 e. The van der Waals surface area contributed by atoms with Crippen molar-refractivity contribution in [2.75, 3.05) is 7.11 Å². The Balaban J connectivity index is 1.12. The Labute approximate surface area is 404 Å². The Morgan fingerprint density at radius 3 is 0.757 bits per heavy atom. The van der Waals surface area contributed by atoms with Crippen molar-refractivity contribution >= 4 is 297 Å². The lowest BCUT2D eigenvalue weighted by Gasteiger charge is -2.33. The summed E-state index contributed by atoms with van der Waals surface area (Å²) in [7, 11) is 1.59. The third-order valence-corrected chi connectivity index (χ3v) is 27.0. The molecular formula is C72H14O2. The van der Waals surface area contributed by atoms with E-state index in [1.165, 1.54) is 5.56 Å². The highest BCUT2D eigenvalue weighted by molar-refractivity contribution is 6.82. The van der Waals surface area contributed by atoms with Crippen LogP contribution in [0.1, 0.15) is 47.1 Å². The van der Waals surface area contributed by atoms with E-state index in [1.54, 1.807) is 320 Å². The van der Waals surface area contributed by atoms with Crippen molar-refractivity contribution < 1.29 is 9.53 Å². The monoisotopic (exact) mass is 910 g/mol. The number of hydrogen-bond acceptors (Lipinski definition) is 2. The second kappa shape index (κ2) is 6.52. The number of benzene rings is 18. The molecule has 0 amide bonds. The van der Waals surface area contributed by atoms with Crippen molar-refractivity contribution in [2.45, 2.75) is 35.5 Å². The Morgan fingerprint density at radius 1 is 0.297 bits per heavy atom. The van der Waals surface area contributed by atoms with Gasteiger partial charge in [0.15, 0.2) is 0 Å². The van der Waals surface area contributed by atoms with Crippen LogP contribution in [0.15, 0.2) is 30.3 Å². The number of rotatable bonds is 5. The molecule has 2 spiro atoms. The zero-order valence-corrected chi connectivity index (χ0v) is 38.3. The molecule has 2 unspecified atom stereocenters. The number of hydrogen-bond donors (Lipinski definition) is 0. The van der Waals surface area contributed by atoms with Gasteiger partial charge in [-0.05, 0) is 332 Å². The van der Waals surface area contributed by atoms with E-state index >= 15 is 0 Å². The van der Waals surface area contributed by atoms with Gasteiger partial charge in [0.2, 0.25) is 0 Å². The van der Waals surface area contributed by atoms with E-state index in [0.29, 0.717) is 6.42 Å². The Hall–Kier alpha value is -8.85. The maximum atomic E-state index is 13.6. The Morgan fingerprint density at radius 2 is 0.500 bits per heavy atom. The standard InChI is InChI=1S/C72H14O2/c1-74-11(73)8-5-9-70(10-6-3-2-4-7-10)71-66-59-52-40-32-23-14-12-13-15-18(14)27-34(32)42-43-35(27)33-24(15)26-22-17(13)20-19-16(12)21-25(23)38(40)46-44-30(21)28(19)36-37-29(20)31(22)45-47-39(26)41(33)53-55(43)64(63(66)54(42)52)67-60(53)58(47)62-51(45)49(37)56-48(36)50(44)61(57(46)59)68(71)65(56)69(62)72(67,70)71/h2-4,6-7H,5,8-9H2,1H3. The van der Waals surface area contributed by atoms with Crippen molar-refractivity contribution in [3.8, 4) is 0 Å². The minimum atomic E-state index is -0.344. The van der Waals surface area contributed by atoms with E-state index in [4.69, 9.17) is 4.74 Å². The van der Waals surface area contributed by atoms with Gasteiger partial charge in [0.05, 0.1) is 7.11 Å². The van der Waals surface area contributed by atoms with Crippen LogP contribution in [0.3, 0.4) is 0 Å². The number of methoxy groups -OCH3 is 1. The molecule has 0 bridgehead atoms. The van der Waals surface area contributed by atoms with Crippen molar-refractivity contribution in [1.82, 2.24) is 0 Å². The van der Waals surface area contributed by atoms with Crippen LogP contribution in [0.4, 0.5) is 0 Å².